The van der Waals surface area contributed by atoms with E-state index in [4.69, 9.17) is 4.74 Å². The topological polar surface area (TPSA) is 50.7 Å². The molecular weight excluding hydrogens is 368 g/mol. The van der Waals surface area contributed by atoms with Crippen molar-refractivity contribution in [1.29, 1.82) is 0 Å². The van der Waals surface area contributed by atoms with Crippen LogP contribution in [0.5, 0.6) is 5.75 Å². The van der Waals surface area contributed by atoms with Gasteiger partial charge in [-0.1, -0.05) is 36.4 Å². The highest BCUT2D eigenvalue weighted by atomic mass is 32.1. The molecule has 28 heavy (non-hydrogen) atoms. The van der Waals surface area contributed by atoms with E-state index in [2.05, 4.69) is 35.4 Å². The summed E-state index contributed by atoms with van der Waals surface area (Å²) in [7, 11) is 0. The quantitative estimate of drug-likeness (QED) is 0.403. The van der Waals surface area contributed by atoms with E-state index in [1.54, 1.807) is 35.6 Å². The van der Waals surface area contributed by atoms with E-state index in [1.165, 1.54) is 15.6 Å². The first-order chi connectivity index (χ1) is 13.7. The molecule has 0 fully saturated rings. The molecule has 4 rings (SSSR count). The Hall–Kier alpha value is -3.44. The number of rotatable bonds is 4. The van der Waals surface area contributed by atoms with Gasteiger partial charge in [0, 0.05) is 21.5 Å². The molecule has 0 aliphatic heterocycles. The Bertz CT molecular complexity index is 1130. The summed E-state index contributed by atoms with van der Waals surface area (Å²) < 4.78 is 6.55. The summed E-state index contributed by atoms with van der Waals surface area (Å²) in [6.07, 6.45) is 1.36. The van der Waals surface area contributed by atoms with Crippen LogP contribution in [-0.4, -0.2) is 12.3 Å². The number of aryl methyl sites for hydroxylation is 1. The second-order valence-electron chi connectivity index (χ2n) is 6.22. The minimum absolute atomic E-state index is 0.463. The number of anilines is 1. The lowest BCUT2D eigenvalue weighted by Crippen LogP contribution is -2.16. The summed E-state index contributed by atoms with van der Waals surface area (Å²) >= 11 is 1.73. The first-order valence-electron chi connectivity index (χ1n) is 8.85. The Morgan fingerprint density at radius 2 is 1.68 bits per heavy atom. The fraction of sp³-hybridized carbons (Fsp3) is 0.0435. The zero-order valence-electron chi connectivity index (χ0n) is 15.3. The van der Waals surface area contributed by atoms with E-state index < -0.39 is 6.09 Å². The van der Waals surface area contributed by atoms with Crippen LogP contribution >= 0.6 is 11.3 Å². The Kier molecular flexibility index (Phi) is 5.17. The Morgan fingerprint density at radius 1 is 0.964 bits per heavy atom. The molecule has 5 heteroatoms. The van der Waals surface area contributed by atoms with Crippen LogP contribution in [-0.2, 0) is 0 Å². The van der Waals surface area contributed by atoms with Gasteiger partial charge in [0.25, 0.3) is 0 Å². The number of hydrogen-bond donors (Lipinski definition) is 1. The van der Waals surface area contributed by atoms with Crippen molar-refractivity contribution in [3.63, 3.8) is 0 Å². The minimum Gasteiger partial charge on any atom is -0.410 e. The van der Waals surface area contributed by atoms with Crippen LogP contribution in [0.4, 0.5) is 16.2 Å². The van der Waals surface area contributed by atoms with E-state index in [-0.39, 0.29) is 0 Å². The number of amides is 1. The first kappa shape index (κ1) is 17.9. The number of thiophene rings is 1. The van der Waals surface area contributed by atoms with E-state index in [9.17, 15) is 4.79 Å². The third-order valence-corrected chi connectivity index (χ3v) is 5.49. The normalized spacial score (nSPS) is 11.0. The van der Waals surface area contributed by atoms with Crippen molar-refractivity contribution >= 4 is 45.1 Å². The standard InChI is InChI=1S/C23H18N2O2S/c1-16-20-9-5-6-10-21(20)28-22(16)15-24-17-11-13-19(14-12-17)27-23(26)25-18-7-3-2-4-8-18/h2-15H,1H3,(H,25,26). The molecular formula is C23H18N2O2S. The SMILES string of the molecule is Cc1c(C=Nc2ccc(OC(=O)Nc3ccccc3)cc2)sc2ccccc12. The van der Waals surface area contributed by atoms with Gasteiger partial charge in [-0.2, -0.15) is 0 Å². The zero-order valence-corrected chi connectivity index (χ0v) is 16.1. The molecule has 1 N–H and O–H groups in total. The summed E-state index contributed by atoms with van der Waals surface area (Å²) in [5, 5.41) is 3.95. The number of carbonyl (C=O) groups is 1. The molecule has 0 bridgehead atoms. The molecule has 0 saturated heterocycles. The highest BCUT2D eigenvalue weighted by Crippen LogP contribution is 2.30. The maximum atomic E-state index is 11.9. The maximum absolute atomic E-state index is 11.9. The van der Waals surface area contributed by atoms with Gasteiger partial charge in [0.15, 0.2) is 0 Å². The molecule has 0 saturated carbocycles. The van der Waals surface area contributed by atoms with Crippen molar-refractivity contribution in [2.45, 2.75) is 6.92 Å². The number of fused-ring (bicyclic) bond motifs is 1. The fourth-order valence-electron chi connectivity index (χ4n) is 2.82. The number of carbonyl (C=O) groups excluding carboxylic acids is 1. The largest absolute Gasteiger partial charge is 0.417 e. The molecule has 1 amide bonds. The van der Waals surface area contributed by atoms with E-state index >= 15 is 0 Å². The maximum Gasteiger partial charge on any atom is 0.417 e. The van der Waals surface area contributed by atoms with Gasteiger partial charge in [0.05, 0.1) is 5.69 Å². The predicted molar refractivity (Wildman–Crippen MR) is 116 cm³/mol. The predicted octanol–water partition coefficient (Wildman–Crippen LogP) is 6.57. The Morgan fingerprint density at radius 3 is 2.43 bits per heavy atom. The third-order valence-electron chi connectivity index (χ3n) is 4.28. The molecule has 0 spiro atoms. The number of benzene rings is 3. The number of aliphatic imine (C=N–C) groups is 1. The molecule has 3 aromatic carbocycles. The summed E-state index contributed by atoms with van der Waals surface area (Å²) in [5.74, 6) is 0.463. The van der Waals surface area contributed by atoms with Crippen LogP contribution in [0.1, 0.15) is 10.4 Å². The second kappa shape index (κ2) is 8.06. The molecule has 138 valence electrons. The number of ether oxygens (including phenoxy) is 1. The lowest BCUT2D eigenvalue weighted by atomic mass is 10.1. The van der Waals surface area contributed by atoms with Gasteiger partial charge < -0.3 is 4.74 Å². The van der Waals surface area contributed by atoms with Crippen LogP contribution in [0.25, 0.3) is 10.1 Å². The molecule has 0 aliphatic rings. The van der Waals surface area contributed by atoms with Gasteiger partial charge in [0.1, 0.15) is 5.75 Å². The van der Waals surface area contributed by atoms with Crippen LogP contribution < -0.4 is 10.1 Å². The zero-order chi connectivity index (χ0) is 19.3. The van der Waals surface area contributed by atoms with Crippen molar-refractivity contribution in [1.82, 2.24) is 0 Å². The third kappa shape index (κ3) is 4.10. The van der Waals surface area contributed by atoms with Gasteiger partial charge in [-0.25, -0.2) is 4.79 Å². The molecule has 0 radical (unpaired) electrons. The number of nitrogens with zero attached hydrogens (tertiary/aromatic N) is 1. The average Bonchev–Trinajstić information content (AvgIpc) is 3.04. The lowest BCUT2D eigenvalue weighted by molar-refractivity contribution is 0.215. The smallest absolute Gasteiger partial charge is 0.410 e. The van der Waals surface area contributed by atoms with Crippen LogP contribution in [0, 0.1) is 6.92 Å². The van der Waals surface area contributed by atoms with Gasteiger partial charge in [-0.15, -0.1) is 11.3 Å². The van der Waals surface area contributed by atoms with Gasteiger partial charge in [-0.05, 0) is 60.3 Å². The number of hydrogen-bond acceptors (Lipinski definition) is 4. The molecule has 0 aliphatic carbocycles. The summed E-state index contributed by atoms with van der Waals surface area (Å²) in [6.45, 7) is 2.11. The molecule has 4 aromatic rings. The van der Waals surface area contributed by atoms with Crippen molar-refractivity contribution in [2.24, 2.45) is 4.99 Å². The number of nitrogens with one attached hydrogen (secondary N) is 1. The first-order valence-corrected chi connectivity index (χ1v) is 9.67. The van der Waals surface area contributed by atoms with Crippen molar-refractivity contribution in [3.05, 3.63) is 89.3 Å². The van der Waals surface area contributed by atoms with E-state index in [1.807, 2.05) is 42.6 Å². The summed E-state index contributed by atoms with van der Waals surface area (Å²) in [5.41, 5.74) is 2.72. The monoisotopic (exact) mass is 386 g/mol. The molecule has 4 nitrogen and oxygen atoms in total. The van der Waals surface area contributed by atoms with Crippen molar-refractivity contribution in [3.8, 4) is 5.75 Å². The van der Waals surface area contributed by atoms with Crippen molar-refractivity contribution in [2.75, 3.05) is 5.32 Å². The van der Waals surface area contributed by atoms with Crippen LogP contribution in [0.15, 0.2) is 83.9 Å². The average molecular weight is 386 g/mol. The van der Waals surface area contributed by atoms with Crippen LogP contribution in [0.2, 0.25) is 0 Å². The lowest BCUT2D eigenvalue weighted by Gasteiger charge is -2.06. The van der Waals surface area contributed by atoms with Gasteiger partial charge in [-0.3, -0.25) is 10.3 Å². The fourth-order valence-corrected chi connectivity index (χ4v) is 3.90. The molecule has 0 atom stereocenters. The minimum atomic E-state index is -0.525. The van der Waals surface area contributed by atoms with E-state index in [0.717, 1.165) is 10.6 Å². The van der Waals surface area contributed by atoms with Crippen LogP contribution in [0.3, 0.4) is 0 Å². The number of para-hydroxylation sites is 1. The van der Waals surface area contributed by atoms with E-state index in [0.29, 0.717) is 11.4 Å². The summed E-state index contributed by atoms with van der Waals surface area (Å²) in [6, 6.07) is 24.6. The Labute approximate surface area is 167 Å². The second-order valence-corrected chi connectivity index (χ2v) is 7.30. The molecule has 1 aromatic heterocycles. The Balaban J connectivity index is 1.42. The highest BCUT2D eigenvalue weighted by Gasteiger charge is 2.06. The van der Waals surface area contributed by atoms with Gasteiger partial charge in [0.2, 0.25) is 0 Å². The summed E-state index contributed by atoms with van der Waals surface area (Å²) in [4.78, 5) is 17.6. The molecule has 0 unspecified atom stereocenters. The highest BCUT2D eigenvalue weighted by molar-refractivity contribution is 7.20. The van der Waals surface area contributed by atoms with Crippen molar-refractivity contribution < 1.29 is 9.53 Å². The molecule has 1 heterocycles. The van der Waals surface area contributed by atoms with Gasteiger partial charge >= 0.3 is 6.09 Å².